The second kappa shape index (κ2) is 2.90. The van der Waals surface area contributed by atoms with Crippen LogP contribution in [-0.2, 0) is 0 Å². The molecule has 0 saturated carbocycles. The molecule has 66 valence electrons. The monoisotopic (exact) mass is 175 g/mol. The molecule has 2 aromatic rings. The molecular formula is C9H9N3O. The van der Waals surface area contributed by atoms with Crippen LogP contribution in [0, 0.1) is 6.92 Å². The van der Waals surface area contributed by atoms with Crippen LogP contribution >= 0.6 is 0 Å². The summed E-state index contributed by atoms with van der Waals surface area (Å²) < 4.78 is 1.71. The van der Waals surface area contributed by atoms with E-state index in [1.54, 1.807) is 35.1 Å². The first kappa shape index (κ1) is 7.79. The lowest BCUT2D eigenvalue weighted by Crippen LogP contribution is -1.97. The van der Waals surface area contributed by atoms with Crippen molar-refractivity contribution in [3.63, 3.8) is 0 Å². The number of phenolic OH excluding ortho intramolecular Hbond substituents is 1. The number of phenols is 1. The van der Waals surface area contributed by atoms with E-state index in [2.05, 4.69) is 10.3 Å². The normalized spacial score (nSPS) is 10.2. The summed E-state index contributed by atoms with van der Waals surface area (Å²) in [7, 11) is 0. The Morgan fingerprint density at radius 3 is 2.46 bits per heavy atom. The molecule has 0 fully saturated rings. The fourth-order valence-electron chi connectivity index (χ4n) is 1.14. The van der Waals surface area contributed by atoms with Crippen LogP contribution in [0.2, 0.25) is 0 Å². The van der Waals surface area contributed by atoms with Gasteiger partial charge in [-0.05, 0) is 31.2 Å². The van der Waals surface area contributed by atoms with Crippen LogP contribution < -0.4 is 0 Å². The molecule has 13 heavy (non-hydrogen) atoms. The van der Waals surface area contributed by atoms with Gasteiger partial charge in [0.25, 0.3) is 0 Å². The number of nitrogens with zero attached hydrogens (tertiary/aromatic N) is 3. The average Bonchev–Trinajstić information content (AvgIpc) is 2.53. The average molecular weight is 175 g/mol. The Bertz CT molecular complexity index is 405. The third-order valence-electron chi connectivity index (χ3n) is 1.81. The maximum Gasteiger partial charge on any atom is 0.115 e. The van der Waals surface area contributed by atoms with Crippen LogP contribution in [0.25, 0.3) is 5.69 Å². The Hall–Kier alpha value is -1.84. The number of aryl methyl sites for hydroxylation is 1. The van der Waals surface area contributed by atoms with Crippen molar-refractivity contribution in [1.29, 1.82) is 0 Å². The van der Waals surface area contributed by atoms with Crippen LogP contribution in [-0.4, -0.2) is 20.1 Å². The number of hydrogen-bond acceptors (Lipinski definition) is 3. The molecule has 4 heteroatoms. The molecule has 0 bridgehead atoms. The zero-order valence-electron chi connectivity index (χ0n) is 7.18. The molecule has 1 aromatic heterocycles. The van der Waals surface area contributed by atoms with Crippen molar-refractivity contribution in [2.24, 2.45) is 0 Å². The summed E-state index contributed by atoms with van der Waals surface area (Å²) in [6.45, 7) is 1.92. The van der Waals surface area contributed by atoms with Gasteiger partial charge in [-0.25, -0.2) is 4.68 Å². The summed E-state index contributed by atoms with van der Waals surface area (Å²) in [5, 5.41) is 16.7. The Balaban J connectivity index is 2.47. The first-order chi connectivity index (χ1) is 6.27. The van der Waals surface area contributed by atoms with Gasteiger partial charge in [-0.15, -0.1) is 5.10 Å². The molecule has 0 atom stereocenters. The van der Waals surface area contributed by atoms with E-state index < -0.39 is 0 Å². The highest BCUT2D eigenvalue weighted by molar-refractivity contribution is 5.36. The Morgan fingerprint density at radius 2 is 1.92 bits per heavy atom. The van der Waals surface area contributed by atoms with Crippen molar-refractivity contribution >= 4 is 0 Å². The van der Waals surface area contributed by atoms with Gasteiger partial charge in [0, 0.05) is 0 Å². The minimum absolute atomic E-state index is 0.251. The molecule has 4 nitrogen and oxygen atoms in total. The second-order valence-corrected chi connectivity index (χ2v) is 2.80. The third kappa shape index (κ3) is 1.38. The van der Waals surface area contributed by atoms with Gasteiger partial charge >= 0.3 is 0 Å². The summed E-state index contributed by atoms with van der Waals surface area (Å²) in [4.78, 5) is 0. The van der Waals surface area contributed by atoms with Crippen molar-refractivity contribution in [2.45, 2.75) is 6.92 Å². The van der Waals surface area contributed by atoms with E-state index in [1.165, 1.54) is 0 Å². The van der Waals surface area contributed by atoms with Crippen LogP contribution in [0.15, 0.2) is 30.5 Å². The summed E-state index contributed by atoms with van der Waals surface area (Å²) in [6, 6.07) is 6.82. The highest BCUT2D eigenvalue weighted by Gasteiger charge is 2.00. The quantitative estimate of drug-likeness (QED) is 0.710. The SMILES string of the molecule is Cc1cnnn1-c1ccc(O)cc1. The first-order valence-corrected chi connectivity index (χ1v) is 3.94. The van der Waals surface area contributed by atoms with Crippen molar-refractivity contribution in [1.82, 2.24) is 15.0 Å². The zero-order valence-corrected chi connectivity index (χ0v) is 7.18. The molecule has 1 heterocycles. The van der Waals surface area contributed by atoms with Gasteiger partial charge in [0.1, 0.15) is 5.75 Å². The molecule has 0 radical (unpaired) electrons. The van der Waals surface area contributed by atoms with E-state index in [1.807, 2.05) is 6.92 Å². The summed E-state index contributed by atoms with van der Waals surface area (Å²) in [5.41, 5.74) is 1.86. The molecule has 0 spiro atoms. The van der Waals surface area contributed by atoms with E-state index in [0.29, 0.717) is 0 Å². The van der Waals surface area contributed by atoms with E-state index in [0.717, 1.165) is 11.4 Å². The zero-order chi connectivity index (χ0) is 9.26. The topological polar surface area (TPSA) is 50.9 Å². The third-order valence-corrected chi connectivity index (χ3v) is 1.81. The van der Waals surface area contributed by atoms with Crippen molar-refractivity contribution in [2.75, 3.05) is 0 Å². The van der Waals surface area contributed by atoms with Crippen molar-refractivity contribution in [3.8, 4) is 11.4 Å². The van der Waals surface area contributed by atoms with Crippen LogP contribution in [0.5, 0.6) is 5.75 Å². The van der Waals surface area contributed by atoms with Crippen molar-refractivity contribution < 1.29 is 5.11 Å². The number of rotatable bonds is 1. The maximum absolute atomic E-state index is 9.08. The molecule has 1 aromatic carbocycles. The molecule has 0 aliphatic carbocycles. The molecule has 0 amide bonds. The Labute approximate surface area is 75.4 Å². The van der Waals surface area contributed by atoms with Gasteiger partial charge < -0.3 is 5.11 Å². The number of benzene rings is 1. The first-order valence-electron chi connectivity index (χ1n) is 3.94. The summed E-state index contributed by atoms with van der Waals surface area (Å²) >= 11 is 0. The van der Waals surface area contributed by atoms with Crippen LogP contribution in [0.3, 0.4) is 0 Å². The minimum atomic E-state index is 0.251. The number of aromatic nitrogens is 3. The maximum atomic E-state index is 9.08. The van der Waals surface area contributed by atoms with Gasteiger partial charge in [0.15, 0.2) is 0 Å². The highest BCUT2D eigenvalue weighted by atomic mass is 16.3. The second-order valence-electron chi connectivity index (χ2n) is 2.80. The lowest BCUT2D eigenvalue weighted by atomic mass is 10.3. The molecule has 2 rings (SSSR count). The smallest absolute Gasteiger partial charge is 0.115 e. The van der Waals surface area contributed by atoms with Gasteiger partial charge in [0.05, 0.1) is 17.6 Å². The molecule has 0 saturated heterocycles. The lowest BCUT2D eigenvalue weighted by molar-refractivity contribution is 0.475. The molecule has 0 aliphatic heterocycles. The predicted molar refractivity (Wildman–Crippen MR) is 47.8 cm³/mol. The van der Waals surface area contributed by atoms with Gasteiger partial charge in [-0.3, -0.25) is 0 Å². The van der Waals surface area contributed by atoms with E-state index in [9.17, 15) is 0 Å². The number of aromatic hydroxyl groups is 1. The van der Waals surface area contributed by atoms with Gasteiger partial charge in [0.2, 0.25) is 0 Å². The predicted octanol–water partition coefficient (Wildman–Crippen LogP) is 1.28. The summed E-state index contributed by atoms with van der Waals surface area (Å²) in [5.74, 6) is 0.251. The Morgan fingerprint density at radius 1 is 1.23 bits per heavy atom. The Kier molecular flexibility index (Phi) is 1.73. The van der Waals surface area contributed by atoms with E-state index in [4.69, 9.17) is 5.11 Å². The van der Waals surface area contributed by atoms with E-state index in [-0.39, 0.29) is 5.75 Å². The van der Waals surface area contributed by atoms with Gasteiger partial charge in [-0.2, -0.15) is 0 Å². The van der Waals surface area contributed by atoms with Crippen molar-refractivity contribution in [3.05, 3.63) is 36.2 Å². The largest absolute Gasteiger partial charge is 0.508 e. The molecule has 0 unspecified atom stereocenters. The molecular weight excluding hydrogens is 166 g/mol. The highest BCUT2D eigenvalue weighted by Crippen LogP contribution is 2.13. The van der Waals surface area contributed by atoms with E-state index >= 15 is 0 Å². The standard InChI is InChI=1S/C9H9N3O/c1-7-6-10-11-12(7)8-2-4-9(13)5-3-8/h2-6,13H,1H3. The van der Waals surface area contributed by atoms with Gasteiger partial charge in [-0.1, -0.05) is 5.21 Å². The summed E-state index contributed by atoms with van der Waals surface area (Å²) in [6.07, 6.45) is 1.69. The lowest BCUT2D eigenvalue weighted by Gasteiger charge is -2.01. The fourth-order valence-corrected chi connectivity index (χ4v) is 1.14. The minimum Gasteiger partial charge on any atom is -0.508 e. The fraction of sp³-hybridized carbons (Fsp3) is 0.111. The van der Waals surface area contributed by atoms with Crippen LogP contribution in [0.4, 0.5) is 0 Å². The number of hydrogen-bond donors (Lipinski definition) is 1. The molecule has 0 aliphatic rings. The van der Waals surface area contributed by atoms with Crippen LogP contribution in [0.1, 0.15) is 5.69 Å². The molecule has 1 N–H and O–H groups in total.